The van der Waals surface area contributed by atoms with Gasteiger partial charge >= 0.3 is 12.1 Å². The van der Waals surface area contributed by atoms with Gasteiger partial charge in [0.25, 0.3) is 0 Å². The summed E-state index contributed by atoms with van der Waals surface area (Å²) in [7, 11) is -4.14. The van der Waals surface area contributed by atoms with Gasteiger partial charge < -0.3 is 16.2 Å². The van der Waals surface area contributed by atoms with Gasteiger partial charge in [-0.15, -0.1) is 0 Å². The average molecular weight is 637 g/mol. The third-order valence-corrected chi connectivity index (χ3v) is 7.70. The molecular formula is C26H30F6N6O4S. The molecule has 0 aliphatic heterocycles. The molecule has 2 heterocycles. The molecule has 1 fully saturated rings. The van der Waals surface area contributed by atoms with E-state index in [9.17, 15) is 34.8 Å². The van der Waals surface area contributed by atoms with E-state index in [-0.39, 0.29) is 17.8 Å². The van der Waals surface area contributed by atoms with Crippen LogP contribution in [0.5, 0.6) is 0 Å². The Kier molecular flexibility index (Phi) is 10.4. The Morgan fingerprint density at radius 3 is 2.28 bits per heavy atom. The Hall–Kier alpha value is -3.73. The fourth-order valence-electron chi connectivity index (χ4n) is 4.14. The summed E-state index contributed by atoms with van der Waals surface area (Å²) >= 11 is 0. The summed E-state index contributed by atoms with van der Waals surface area (Å²) in [4.78, 5) is 22.4. The molecule has 1 saturated carbocycles. The second-order valence-electron chi connectivity index (χ2n) is 10.2. The standard InChI is InChI=1S/C24H29F3N6O2S.C2HF3O2/c1-14-11-20(15-3-8-19(18(25)12-15)33-36(34,35)10-9-24(2,26)27)31-21-13-29-23(32-22(14)21)30-17-6-4-16(28)5-7-17;3-2(4,5)1(6)7/h3,8,11-13,16-17,33H,4-7,9-10,28H2,1-2H3,(H,29,30,32);(H,6,7). The SMILES string of the molecule is Cc1cc(-c2ccc(NS(=O)(=O)CCC(C)(F)F)c(F)c2)nc2cnc(NC3CCC(N)CC3)nc12.O=C(O)C(F)(F)F. The number of pyridine rings is 1. The molecule has 0 amide bonds. The molecule has 17 heteroatoms. The number of benzene rings is 1. The number of carboxylic acids is 1. The first-order chi connectivity index (χ1) is 19.8. The highest BCUT2D eigenvalue weighted by Gasteiger charge is 2.38. The molecule has 1 aromatic carbocycles. The summed E-state index contributed by atoms with van der Waals surface area (Å²) in [6, 6.07) is 6.18. The average Bonchev–Trinajstić information content (AvgIpc) is 2.90. The number of carboxylic acid groups (broad SMARTS) is 1. The summed E-state index contributed by atoms with van der Waals surface area (Å²) < 4.78 is 98.6. The normalized spacial score (nSPS) is 17.6. The van der Waals surface area contributed by atoms with Crippen LogP contribution in [0.4, 0.5) is 38.0 Å². The zero-order chi connectivity index (χ0) is 32.2. The van der Waals surface area contributed by atoms with Crippen molar-refractivity contribution < 1.29 is 44.7 Å². The fraction of sp³-hybridized carbons (Fsp3) is 0.462. The van der Waals surface area contributed by atoms with E-state index < -0.39 is 46.1 Å². The van der Waals surface area contributed by atoms with Gasteiger partial charge in [-0.25, -0.2) is 41.3 Å². The fourth-order valence-corrected chi connectivity index (χ4v) is 5.37. The topological polar surface area (TPSA) is 160 Å². The number of fused-ring (bicyclic) bond motifs is 1. The van der Waals surface area contributed by atoms with Crippen molar-refractivity contribution in [1.82, 2.24) is 15.0 Å². The molecule has 2 aromatic heterocycles. The van der Waals surface area contributed by atoms with Crippen molar-refractivity contribution in [2.24, 2.45) is 5.73 Å². The number of halogens is 6. The Labute approximate surface area is 243 Å². The lowest BCUT2D eigenvalue weighted by Gasteiger charge is -2.26. The van der Waals surface area contributed by atoms with Crippen LogP contribution in [0, 0.1) is 12.7 Å². The lowest BCUT2D eigenvalue weighted by molar-refractivity contribution is -0.192. The van der Waals surface area contributed by atoms with E-state index in [2.05, 4.69) is 20.3 Å². The largest absolute Gasteiger partial charge is 0.490 e. The first-order valence-electron chi connectivity index (χ1n) is 13.0. The van der Waals surface area contributed by atoms with Crippen molar-refractivity contribution >= 4 is 38.7 Å². The Balaban J connectivity index is 0.000000646. The van der Waals surface area contributed by atoms with E-state index >= 15 is 0 Å². The van der Waals surface area contributed by atoms with E-state index in [0.717, 1.165) is 37.3 Å². The van der Waals surface area contributed by atoms with Gasteiger partial charge in [-0.1, -0.05) is 6.07 Å². The van der Waals surface area contributed by atoms with Crippen molar-refractivity contribution in [2.75, 3.05) is 15.8 Å². The zero-order valence-corrected chi connectivity index (χ0v) is 23.9. The minimum Gasteiger partial charge on any atom is -0.475 e. The number of nitrogens with two attached hydrogens (primary N) is 1. The number of alkyl halides is 5. The summed E-state index contributed by atoms with van der Waals surface area (Å²) in [5.74, 6) is -7.05. The van der Waals surface area contributed by atoms with Gasteiger partial charge in [-0.2, -0.15) is 13.2 Å². The Morgan fingerprint density at radius 1 is 1.09 bits per heavy atom. The van der Waals surface area contributed by atoms with Gasteiger partial charge in [-0.05, 0) is 63.3 Å². The highest BCUT2D eigenvalue weighted by molar-refractivity contribution is 7.92. The number of rotatable bonds is 8. The Bertz CT molecular complexity index is 1560. The van der Waals surface area contributed by atoms with E-state index in [1.54, 1.807) is 12.3 Å². The second kappa shape index (κ2) is 13.3. The number of carbonyl (C=O) groups is 1. The molecular weight excluding hydrogens is 606 g/mol. The van der Waals surface area contributed by atoms with E-state index in [1.807, 2.05) is 11.6 Å². The van der Waals surface area contributed by atoms with Crippen LogP contribution >= 0.6 is 0 Å². The molecule has 0 unspecified atom stereocenters. The number of anilines is 2. The van der Waals surface area contributed by atoms with Crippen LogP contribution in [0.2, 0.25) is 0 Å². The molecule has 1 aliphatic carbocycles. The number of nitrogens with zero attached hydrogens (tertiary/aromatic N) is 3. The van der Waals surface area contributed by atoms with Crippen LogP contribution < -0.4 is 15.8 Å². The number of hydrogen-bond donors (Lipinski definition) is 4. The molecule has 10 nitrogen and oxygen atoms in total. The summed E-state index contributed by atoms with van der Waals surface area (Å²) in [5.41, 5.74) is 8.55. The van der Waals surface area contributed by atoms with Crippen LogP contribution in [-0.4, -0.2) is 64.4 Å². The maximum atomic E-state index is 14.7. The molecule has 0 saturated heterocycles. The number of nitrogens with one attached hydrogen (secondary N) is 2. The van der Waals surface area contributed by atoms with Crippen molar-refractivity contribution in [1.29, 1.82) is 0 Å². The number of sulfonamides is 1. The molecule has 236 valence electrons. The number of hydrogen-bond acceptors (Lipinski definition) is 8. The van der Waals surface area contributed by atoms with E-state index in [1.165, 1.54) is 12.1 Å². The molecule has 0 radical (unpaired) electrons. The van der Waals surface area contributed by atoms with Gasteiger partial charge in [0.15, 0.2) is 0 Å². The summed E-state index contributed by atoms with van der Waals surface area (Å²) in [6.45, 7) is 2.50. The molecule has 3 aromatic rings. The predicted octanol–water partition coefficient (Wildman–Crippen LogP) is 5.24. The molecule has 0 bridgehead atoms. The lowest BCUT2D eigenvalue weighted by atomic mass is 9.92. The molecule has 5 N–H and O–H groups in total. The minimum atomic E-state index is -5.08. The minimum absolute atomic E-state index is 0.249. The third kappa shape index (κ3) is 10.2. The van der Waals surface area contributed by atoms with Crippen molar-refractivity contribution in [3.05, 3.63) is 41.8 Å². The molecule has 4 rings (SSSR count). The van der Waals surface area contributed by atoms with Crippen LogP contribution in [0.25, 0.3) is 22.3 Å². The second-order valence-corrected chi connectivity index (χ2v) is 12.1. The zero-order valence-electron chi connectivity index (χ0n) is 23.1. The van der Waals surface area contributed by atoms with Gasteiger partial charge in [0, 0.05) is 24.1 Å². The first-order valence-corrected chi connectivity index (χ1v) is 14.6. The van der Waals surface area contributed by atoms with Crippen molar-refractivity contribution in [2.45, 2.75) is 70.1 Å². The lowest BCUT2D eigenvalue weighted by Crippen LogP contribution is -2.33. The first kappa shape index (κ1) is 33.8. The highest BCUT2D eigenvalue weighted by atomic mass is 32.2. The maximum Gasteiger partial charge on any atom is 0.490 e. The summed E-state index contributed by atoms with van der Waals surface area (Å²) in [6.07, 6.45) is -0.501. The van der Waals surface area contributed by atoms with Gasteiger partial charge in [0.1, 0.15) is 11.3 Å². The number of aryl methyl sites for hydroxylation is 1. The summed E-state index contributed by atoms with van der Waals surface area (Å²) in [5, 5.41) is 10.5. The van der Waals surface area contributed by atoms with Crippen molar-refractivity contribution in [3.8, 4) is 11.3 Å². The van der Waals surface area contributed by atoms with Crippen LogP contribution in [-0.2, 0) is 14.8 Å². The van der Waals surface area contributed by atoms with Gasteiger partial charge in [-0.3, -0.25) is 4.72 Å². The monoisotopic (exact) mass is 636 g/mol. The number of aliphatic carboxylic acids is 1. The van der Waals surface area contributed by atoms with Crippen LogP contribution in [0.3, 0.4) is 0 Å². The quantitative estimate of drug-likeness (QED) is 0.243. The highest BCUT2D eigenvalue weighted by Crippen LogP contribution is 2.28. The predicted molar refractivity (Wildman–Crippen MR) is 148 cm³/mol. The molecule has 43 heavy (non-hydrogen) atoms. The van der Waals surface area contributed by atoms with Crippen LogP contribution in [0.1, 0.15) is 44.6 Å². The van der Waals surface area contributed by atoms with Gasteiger partial charge in [0.2, 0.25) is 21.9 Å². The smallest absolute Gasteiger partial charge is 0.475 e. The molecule has 0 spiro atoms. The van der Waals surface area contributed by atoms with E-state index in [4.69, 9.17) is 15.6 Å². The molecule has 1 aliphatic rings. The number of aromatic nitrogens is 3. The van der Waals surface area contributed by atoms with E-state index in [0.29, 0.717) is 35.2 Å². The van der Waals surface area contributed by atoms with Crippen molar-refractivity contribution in [3.63, 3.8) is 0 Å². The third-order valence-electron chi connectivity index (χ3n) is 6.42. The molecule has 0 atom stereocenters. The van der Waals surface area contributed by atoms with Gasteiger partial charge in [0.05, 0.1) is 28.8 Å². The van der Waals surface area contributed by atoms with Crippen LogP contribution in [0.15, 0.2) is 30.5 Å². The maximum absolute atomic E-state index is 14.7. The Morgan fingerprint density at radius 2 is 1.72 bits per heavy atom.